The molecule has 0 aliphatic carbocycles. The van der Waals surface area contributed by atoms with Gasteiger partial charge in [0.05, 0.1) is 18.7 Å². The van der Waals surface area contributed by atoms with Crippen molar-refractivity contribution < 1.29 is 4.74 Å². The van der Waals surface area contributed by atoms with Crippen LogP contribution in [0.4, 0.5) is 0 Å². The quantitative estimate of drug-likeness (QED) is 0.839. The standard InChI is InChI=1S/C15H22N2O/c1-11(2)12(3)9-17-10-14-7-13(8-16)5-6-15(14)18-4/h5-7,11-12,17H,9-10H2,1-4H3. The summed E-state index contributed by atoms with van der Waals surface area (Å²) < 4.78 is 5.30. The van der Waals surface area contributed by atoms with Gasteiger partial charge in [0.2, 0.25) is 0 Å². The molecule has 1 atom stereocenters. The molecule has 0 bridgehead atoms. The summed E-state index contributed by atoms with van der Waals surface area (Å²) in [7, 11) is 1.65. The Morgan fingerprint density at radius 2 is 2.06 bits per heavy atom. The molecule has 1 aromatic rings. The number of ether oxygens (including phenoxy) is 1. The fourth-order valence-corrected chi connectivity index (χ4v) is 1.66. The molecular weight excluding hydrogens is 224 g/mol. The van der Waals surface area contributed by atoms with Gasteiger partial charge < -0.3 is 10.1 Å². The largest absolute Gasteiger partial charge is 0.496 e. The van der Waals surface area contributed by atoms with E-state index >= 15 is 0 Å². The molecule has 0 spiro atoms. The van der Waals surface area contributed by atoms with E-state index in [1.165, 1.54) is 0 Å². The molecule has 0 saturated heterocycles. The van der Waals surface area contributed by atoms with Gasteiger partial charge in [-0.2, -0.15) is 5.26 Å². The van der Waals surface area contributed by atoms with Crippen molar-refractivity contribution in [2.24, 2.45) is 11.8 Å². The summed E-state index contributed by atoms with van der Waals surface area (Å²) in [5, 5.41) is 12.3. The smallest absolute Gasteiger partial charge is 0.123 e. The summed E-state index contributed by atoms with van der Waals surface area (Å²) in [6, 6.07) is 7.66. The van der Waals surface area contributed by atoms with Crippen molar-refractivity contribution >= 4 is 0 Å². The molecule has 98 valence electrons. The third-order valence-electron chi connectivity index (χ3n) is 3.33. The first-order valence-electron chi connectivity index (χ1n) is 6.36. The minimum atomic E-state index is 0.634. The fraction of sp³-hybridized carbons (Fsp3) is 0.533. The van der Waals surface area contributed by atoms with E-state index in [0.29, 0.717) is 17.4 Å². The predicted molar refractivity (Wildman–Crippen MR) is 73.4 cm³/mol. The minimum Gasteiger partial charge on any atom is -0.496 e. The molecule has 1 rings (SSSR count). The van der Waals surface area contributed by atoms with Crippen molar-refractivity contribution in [1.82, 2.24) is 5.32 Å². The topological polar surface area (TPSA) is 45.0 Å². The number of nitrogens with zero attached hydrogens (tertiary/aromatic N) is 1. The second-order valence-electron chi connectivity index (χ2n) is 4.99. The van der Waals surface area contributed by atoms with Crippen molar-refractivity contribution in [3.63, 3.8) is 0 Å². The molecule has 1 aromatic carbocycles. The number of nitriles is 1. The highest BCUT2D eigenvalue weighted by Crippen LogP contribution is 2.19. The molecule has 3 nitrogen and oxygen atoms in total. The number of methoxy groups -OCH3 is 1. The van der Waals surface area contributed by atoms with Crippen LogP contribution in [0, 0.1) is 23.2 Å². The Balaban J connectivity index is 2.63. The van der Waals surface area contributed by atoms with Crippen LogP contribution in [0.3, 0.4) is 0 Å². The zero-order chi connectivity index (χ0) is 13.5. The fourth-order valence-electron chi connectivity index (χ4n) is 1.66. The Bertz CT molecular complexity index is 421. The van der Waals surface area contributed by atoms with E-state index in [-0.39, 0.29) is 0 Å². The predicted octanol–water partition coefficient (Wildman–Crippen LogP) is 2.95. The van der Waals surface area contributed by atoms with Gasteiger partial charge in [-0.25, -0.2) is 0 Å². The maximum atomic E-state index is 8.90. The van der Waals surface area contributed by atoms with Gasteiger partial charge in [0.25, 0.3) is 0 Å². The molecule has 0 heterocycles. The summed E-state index contributed by atoms with van der Waals surface area (Å²) in [5.74, 6) is 2.14. The summed E-state index contributed by atoms with van der Waals surface area (Å²) in [5.41, 5.74) is 1.71. The van der Waals surface area contributed by atoms with Gasteiger partial charge in [-0.15, -0.1) is 0 Å². The number of benzene rings is 1. The average Bonchev–Trinajstić information content (AvgIpc) is 2.38. The molecule has 0 aromatic heterocycles. The van der Waals surface area contributed by atoms with Gasteiger partial charge in [0.15, 0.2) is 0 Å². The molecule has 0 aliphatic rings. The second kappa shape index (κ2) is 7.03. The van der Waals surface area contributed by atoms with Crippen LogP contribution in [0.1, 0.15) is 31.9 Å². The van der Waals surface area contributed by atoms with E-state index in [0.717, 1.165) is 24.4 Å². The highest BCUT2D eigenvalue weighted by molar-refractivity contribution is 5.41. The third kappa shape index (κ3) is 4.05. The van der Waals surface area contributed by atoms with Gasteiger partial charge in [-0.1, -0.05) is 20.8 Å². The monoisotopic (exact) mass is 246 g/mol. The zero-order valence-corrected chi connectivity index (χ0v) is 11.7. The van der Waals surface area contributed by atoms with Crippen LogP contribution in [-0.4, -0.2) is 13.7 Å². The van der Waals surface area contributed by atoms with E-state index in [2.05, 4.69) is 32.2 Å². The molecule has 0 amide bonds. The van der Waals surface area contributed by atoms with E-state index in [9.17, 15) is 0 Å². The Morgan fingerprint density at radius 1 is 1.33 bits per heavy atom. The van der Waals surface area contributed by atoms with Crippen molar-refractivity contribution in [2.45, 2.75) is 27.3 Å². The molecule has 1 unspecified atom stereocenters. The number of hydrogen-bond acceptors (Lipinski definition) is 3. The minimum absolute atomic E-state index is 0.634. The maximum Gasteiger partial charge on any atom is 0.123 e. The summed E-state index contributed by atoms with van der Waals surface area (Å²) in [6.07, 6.45) is 0. The van der Waals surface area contributed by atoms with Crippen LogP contribution in [0.15, 0.2) is 18.2 Å². The molecule has 0 radical (unpaired) electrons. The second-order valence-corrected chi connectivity index (χ2v) is 4.99. The van der Waals surface area contributed by atoms with Crippen LogP contribution in [0.5, 0.6) is 5.75 Å². The van der Waals surface area contributed by atoms with E-state index in [1.807, 2.05) is 12.1 Å². The van der Waals surface area contributed by atoms with Crippen molar-refractivity contribution in [2.75, 3.05) is 13.7 Å². The molecule has 0 saturated carbocycles. The first-order chi connectivity index (χ1) is 8.58. The number of nitrogens with one attached hydrogen (secondary N) is 1. The number of rotatable bonds is 6. The highest BCUT2D eigenvalue weighted by Gasteiger charge is 2.08. The first kappa shape index (κ1) is 14.5. The van der Waals surface area contributed by atoms with Crippen molar-refractivity contribution in [1.29, 1.82) is 5.26 Å². The summed E-state index contributed by atoms with van der Waals surface area (Å²) in [6.45, 7) is 8.39. The summed E-state index contributed by atoms with van der Waals surface area (Å²) >= 11 is 0. The Kier molecular flexibility index (Phi) is 5.67. The van der Waals surface area contributed by atoms with E-state index in [4.69, 9.17) is 10.00 Å². The number of hydrogen-bond donors (Lipinski definition) is 1. The third-order valence-corrected chi connectivity index (χ3v) is 3.33. The van der Waals surface area contributed by atoms with Crippen LogP contribution < -0.4 is 10.1 Å². The summed E-state index contributed by atoms with van der Waals surface area (Å²) in [4.78, 5) is 0. The Morgan fingerprint density at radius 3 is 2.61 bits per heavy atom. The zero-order valence-electron chi connectivity index (χ0n) is 11.7. The molecule has 3 heteroatoms. The van der Waals surface area contributed by atoms with Gasteiger partial charge >= 0.3 is 0 Å². The molecule has 0 aliphatic heterocycles. The van der Waals surface area contributed by atoms with Gasteiger partial charge in [-0.05, 0) is 36.6 Å². The SMILES string of the molecule is COc1ccc(C#N)cc1CNCC(C)C(C)C. The Labute approximate surface area is 110 Å². The first-order valence-corrected chi connectivity index (χ1v) is 6.36. The lowest BCUT2D eigenvalue weighted by Gasteiger charge is -2.17. The average molecular weight is 246 g/mol. The van der Waals surface area contributed by atoms with Crippen molar-refractivity contribution in [3.05, 3.63) is 29.3 Å². The maximum absolute atomic E-state index is 8.90. The Hall–Kier alpha value is -1.53. The lowest BCUT2D eigenvalue weighted by molar-refractivity contribution is 0.384. The van der Waals surface area contributed by atoms with Crippen LogP contribution in [-0.2, 0) is 6.54 Å². The lowest BCUT2D eigenvalue weighted by atomic mass is 9.98. The van der Waals surface area contributed by atoms with E-state index in [1.54, 1.807) is 13.2 Å². The van der Waals surface area contributed by atoms with Crippen molar-refractivity contribution in [3.8, 4) is 11.8 Å². The molecule has 0 fully saturated rings. The normalized spacial score (nSPS) is 12.2. The van der Waals surface area contributed by atoms with E-state index < -0.39 is 0 Å². The van der Waals surface area contributed by atoms with Gasteiger partial charge in [0, 0.05) is 12.1 Å². The molecular formula is C15H22N2O. The van der Waals surface area contributed by atoms with Gasteiger partial charge in [0.1, 0.15) is 5.75 Å². The lowest BCUT2D eigenvalue weighted by Crippen LogP contribution is -2.24. The molecule has 1 N–H and O–H groups in total. The molecule has 18 heavy (non-hydrogen) atoms. The van der Waals surface area contributed by atoms with Crippen LogP contribution in [0.2, 0.25) is 0 Å². The van der Waals surface area contributed by atoms with Gasteiger partial charge in [-0.3, -0.25) is 0 Å². The highest BCUT2D eigenvalue weighted by atomic mass is 16.5. The van der Waals surface area contributed by atoms with Crippen LogP contribution >= 0.6 is 0 Å². The van der Waals surface area contributed by atoms with Crippen LogP contribution in [0.25, 0.3) is 0 Å².